The number of hydrogen-bond acceptors (Lipinski definition) is 6. The number of fused-ring (bicyclic) bond motifs is 1. The number of hydrogen-bond donors (Lipinski definition) is 1. The standard InChI is InChI=1S/C27H44N2O5S/c1-5-8-11-15-28(14-6-2)25(32)23-27-19(4)18-20(35-27)21(26(33)34-7-3)22(27)24(31)29(23)16-12-9-10-13-17-30/h6,19-23,30H,2,5,7-18H2,1,3-4H3/t19?,20-,21+,22+,23?,27?/m1/s1. The second-order valence-corrected chi connectivity index (χ2v) is 11.8. The van der Waals surface area contributed by atoms with Crippen molar-refractivity contribution < 1.29 is 24.2 Å². The highest BCUT2D eigenvalue weighted by atomic mass is 32.2. The molecule has 0 radical (unpaired) electrons. The second kappa shape index (κ2) is 12.6. The molecule has 0 saturated carbocycles. The van der Waals surface area contributed by atoms with Crippen molar-refractivity contribution in [2.75, 3.05) is 32.8 Å². The van der Waals surface area contributed by atoms with Crippen molar-refractivity contribution in [3.63, 3.8) is 0 Å². The van der Waals surface area contributed by atoms with Gasteiger partial charge in [0.2, 0.25) is 11.8 Å². The lowest BCUT2D eigenvalue weighted by Gasteiger charge is -2.40. The molecule has 3 fully saturated rings. The number of likely N-dealkylation sites (tertiary alicyclic amines) is 1. The Morgan fingerprint density at radius 3 is 2.63 bits per heavy atom. The Bertz CT molecular complexity index is 777. The maximum atomic E-state index is 14.2. The quantitative estimate of drug-likeness (QED) is 0.206. The van der Waals surface area contributed by atoms with Crippen LogP contribution in [0.25, 0.3) is 0 Å². The smallest absolute Gasteiger partial charge is 0.310 e. The largest absolute Gasteiger partial charge is 0.466 e. The molecule has 198 valence electrons. The van der Waals surface area contributed by atoms with E-state index in [1.165, 1.54) is 0 Å². The van der Waals surface area contributed by atoms with Gasteiger partial charge < -0.3 is 19.6 Å². The monoisotopic (exact) mass is 508 g/mol. The molecule has 7 nitrogen and oxygen atoms in total. The van der Waals surface area contributed by atoms with E-state index in [0.717, 1.165) is 51.4 Å². The van der Waals surface area contributed by atoms with E-state index in [0.29, 0.717) is 19.6 Å². The van der Waals surface area contributed by atoms with Crippen LogP contribution in [0.2, 0.25) is 0 Å². The predicted octanol–water partition coefficient (Wildman–Crippen LogP) is 3.64. The molecule has 3 saturated heterocycles. The number of nitrogens with zero attached hydrogens (tertiary/aromatic N) is 2. The molecular weight excluding hydrogens is 464 g/mol. The van der Waals surface area contributed by atoms with Crippen molar-refractivity contribution >= 4 is 29.5 Å². The van der Waals surface area contributed by atoms with Crippen LogP contribution in [0.1, 0.15) is 72.1 Å². The number of aliphatic hydroxyl groups excluding tert-OH is 1. The number of aliphatic hydroxyl groups is 1. The highest BCUT2D eigenvalue weighted by molar-refractivity contribution is 8.02. The van der Waals surface area contributed by atoms with E-state index >= 15 is 0 Å². The van der Waals surface area contributed by atoms with Crippen LogP contribution in [0.5, 0.6) is 0 Å². The van der Waals surface area contributed by atoms with Gasteiger partial charge in [0.1, 0.15) is 6.04 Å². The summed E-state index contributed by atoms with van der Waals surface area (Å²) in [7, 11) is 0. The molecule has 0 aliphatic carbocycles. The SMILES string of the molecule is C=CCN(CCCCC)C(=O)C1N(CCCCCCO)C(=O)[C@@H]2[C@@H](C(=O)OCC)[C@H]3CC(C)C12S3. The van der Waals surface area contributed by atoms with Gasteiger partial charge in [0, 0.05) is 31.5 Å². The molecule has 2 amide bonds. The lowest BCUT2D eigenvalue weighted by molar-refractivity contribution is -0.154. The van der Waals surface area contributed by atoms with E-state index < -0.39 is 22.6 Å². The summed E-state index contributed by atoms with van der Waals surface area (Å²) in [6.07, 6.45) is 8.93. The molecule has 3 aliphatic rings. The third-order valence-corrected chi connectivity index (χ3v) is 10.1. The first-order valence-corrected chi connectivity index (χ1v) is 14.4. The highest BCUT2D eigenvalue weighted by Gasteiger charge is 2.76. The average Bonchev–Trinajstić information content (AvgIpc) is 3.42. The van der Waals surface area contributed by atoms with Crippen LogP contribution >= 0.6 is 11.8 Å². The summed E-state index contributed by atoms with van der Waals surface area (Å²) in [6.45, 7) is 12.0. The second-order valence-electron chi connectivity index (χ2n) is 10.3. The zero-order chi connectivity index (χ0) is 25.6. The minimum atomic E-state index is -0.592. The van der Waals surface area contributed by atoms with Gasteiger partial charge in [-0.25, -0.2) is 0 Å². The van der Waals surface area contributed by atoms with Gasteiger partial charge in [-0.15, -0.1) is 18.3 Å². The molecule has 3 heterocycles. The Hall–Kier alpha value is -1.54. The van der Waals surface area contributed by atoms with Crippen LogP contribution in [-0.4, -0.2) is 81.6 Å². The lowest BCUT2D eigenvalue weighted by Crippen LogP contribution is -2.57. The molecule has 0 aromatic heterocycles. The molecule has 3 unspecified atom stereocenters. The van der Waals surface area contributed by atoms with Gasteiger partial charge in [0.15, 0.2) is 0 Å². The van der Waals surface area contributed by atoms with E-state index in [2.05, 4.69) is 20.4 Å². The van der Waals surface area contributed by atoms with E-state index in [1.54, 1.807) is 29.7 Å². The molecule has 3 aliphatic heterocycles. The van der Waals surface area contributed by atoms with E-state index in [9.17, 15) is 14.4 Å². The van der Waals surface area contributed by atoms with Crippen LogP contribution in [0.4, 0.5) is 0 Å². The average molecular weight is 509 g/mol. The summed E-state index contributed by atoms with van der Waals surface area (Å²) in [5.41, 5.74) is 0. The minimum absolute atomic E-state index is 0.00304. The first-order chi connectivity index (χ1) is 16.9. The Balaban J connectivity index is 1.94. The van der Waals surface area contributed by atoms with E-state index in [1.807, 2.05) is 4.90 Å². The lowest BCUT2D eigenvalue weighted by atomic mass is 9.66. The predicted molar refractivity (Wildman–Crippen MR) is 139 cm³/mol. The summed E-state index contributed by atoms with van der Waals surface area (Å²) in [5, 5.41) is 9.12. The first kappa shape index (κ1) is 28.0. The first-order valence-electron chi connectivity index (χ1n) is 13.5. The maximum Gasteiger partial charge on any atom is 0.310 e. The normalized spacial score (nSPS) is 31.0. The van der Waals surface area contributed by atoms with Crippen LogP contribution < -0.4 is 0 Å². The Labute approximate surface area is 215 Å². The number of esters is 1. The number of amides is 2. The summed E-state index contributed by atoms with van der Waals surface area (Å²) < 4.78 is 4.83. The number of carbonyl (C=O) groups is 3. The van der Waals surface area contributed by atoms with Crippen molar-refractivity contribution in [2.24, 2.45) is 17.8 Å². The number of carbonyl (C=O) groups excluding carboxylic acids is 3. The van der Waals surface area contributed by atoms with Gasteiger partial charge in [-0.2, -0.15) is 0 Å². The Kier molecular flexibility index (Phi) is 10.1. The number of rotatable bonds is 15. The van der Waals surface area contributed by atoms with Gasteiger partial charge in [0.25, 0.3) is 0 Å². The van der Waals surface area contributed by atoms with Crippen molar-refractivity contribution in [1.82, 2.24) is 9.80 Å². The summed E-state index contributed by atoms with van der Waals surface area (Å²) in [5.74, 6) is -1.18. The van der Waals surface area contributed by atoms with Crippen molar-refractivity contribution in [2.45, 2.75) is 88.2 Å². The molecule has 2 bridgehead atoms. The van der Waals surface area contributed by atoms with E-state index in [-0.39, 0.29) is 42.2 Å². The minimum Gasteiger partial charge on any atom is -0.466 e. The van der Waals surface area contributed by atoms with Crippen molar-refractivity contribution in [1.29, 1.82) is 0 Å². The highest BCUT2D eigenvalue weighted by Crippen LogP contribution is 2.68. The third-order valence-electron chi connectivity index (χ3n) is 8.04. The summed E-state index contributed by atoms with van der Waals surface area (Å²) in [4.78, 5) is 44.9. The molecule has 0 aromatic rings. The van der Waals surface area contributed by atoms with Crippen molar-refractivity contribution in [3.05, 3.63) is 12.7 Å². The molecule has 8 heteroatoms. The third kappa shape index (κ3) is 5.29. The van der Waals surface area contributed by atoms with Crippen LogP contribution in [0.3, 0.4) is 0 Å². The molecule has 1 spiro atoms. The van der Waals surface area contributed by atoms with Crippen molar-refractivity contribution in [3.8, 4) is 0 Å². The molecule has 1 N–H and O–H groups in total. The zero-order valence-corrected chi connectivity index (χ0v) is 22.6. The van der Waals surface area contributed by atoms with Crippen LogP contribution in [0, 0.1) is 17.8 Å². The van der Waals surface area contributed by atoms with Gasteiger partial charge in [-0.05, 0) is 38.5 Å². The molecule has 6 atom stereocenters. The fourth-order valence-electron chi connectivity index (χ4n) is 6.47. The number of ether oxygens (including phenoxy) is 1. The van der Waals surface area contributed by atoms with Crippen LogP contribution in [-0.2, 0) is 19.1 Å². The molecule has 35 heavy (non-hydrogen) atoms. The number of thioether (sulfide) groups is 1. The van der Waals surface area contributed by atoms with Crippen LogP contribution in [0.15, 0.2) is 12.7 Å². The molecule has 3 rings (SSSR count). The van der Waals surface area contributed by atoms with Gasteiger partial charge in [-0.3, -0.25) is 14.4 Å². The van der Waals surface area contributed by atoms with Gasteiger partial charge in [-0.1, -0.05) is 45.6 Å². The Morgan fingerprint density at radius 2 is 1.97 bits per heavy atom. The maximum absolute atomic E-state index is 14.2. The molecule has 0 aromatic carbocycles. The fourth-order valence-corrected chi connectivity index (χ4v) is 8.87. The topological polar surface area (TPSA) is 87.2 Å². The summed E-state index contributed by atoms with van der Waals surface area (Å²) >= 11 is 1.71. The van der Waals surface area contributed by atoms with Gasteiger partial charge in [0.05, 0.1) is 23.2 Å². The van der Waals surface area contributed by atoms with E-state index in [4.69, 9.17) is 9.84 Å². The molecular formula is C27H44N2O5S. The van der Waals surface area contributed by atoms with Gasteiger partial charge >= 0.3 is 5.97 Å². The fraction of sp³-hybridized carbons (Fsp3) is 0.815. The zero-order valence-electron chi connectivity index (χ0n) is 21.7. The summed E-state index contributed by atoms with van der Waals surface area (Å²) in [6, 6.07) is -0.566. The Morgan fingerprint density at radius 1 is 1.23 bits per heavy atom. The number of unbranched alkanes of at least 4 members (excludes halogenated alkanes) is 5.